The molecule has 0 amide bonds. The van der Waals surface area contributed by atoms with E-state index in [9.17, 15) is 0 Å². The van der Waals surface area contributed by atoms with Crippen LogP contribution in [0.25, 0.3) is 21.8 Å². The summed E-state index contributed by atoms with van der Waals surface area (Å²) >= 11 is 0. The summed E-state index contributed by atoms with van der Waals surface area (Å²) in [5, 5.41) is 2.55. The second kappa shape index (κ2) is 12.0. The fourth-order valence-electron chi connectivity index (χ4n) is 6.61. The lowest BCUT2D eigenvalue weighted by Crippen LogP contribution is -2.44. The monoisotopic (exact) mass is 520 g/mol. The number of rotatable bonds is 7. The van der Waals surface area contributed by atoms with Crippen LogP contribution < -0.4 is 15.7 Å². The van der Waals surface area contributed by atoms with E-state index in [0.717, 1.165) is 5.75 Å². The Kier molecular flexibility index (Phi) is 7.86. The minimum absolute atomic E-state index is 0.0878. The standard InChI is InChI=1S/C38H37BO/c1-28-21-25-34(26-22-28)39(33-17-7-4-8-18-33)38(32-24-23-29-13-9-10-16-31(29)27-32)37(30-14-5-3-6-15-30)35-19-11-12-20-36(35)40-2/h4,7-13,16-27,30H,3,5-6,14-15H2,1-2H3/b38-37-. The molecule has 0 radical (unpaired) electrons. The Labute approximate surface area is 239 Å². The zero-order valence-electron chi connectivity index (χ0n) is 23.6. The molecule has 0 spiro atoms. The summed E-state index contributed by atoms with van der Waals surface area (Å²) in [5.74, 6) is 1.43. The minimum atomic E-state index is 0.0878. The molecule has 5 aromatic rings. The molecule has 5 aromatic carbocycles. The van der Waals surface area contributed by atoms with Gasteiger partial charge < -0.3 is 4.74 Å². The Morgan fingerprint density at radius 1 is 0.650 bits per heavy atom. The molecule has 1 aliphatic rings. The largest absolute Gasteiger partial charge is 0.496 e. The van der Waals surface area contributed by atoms with Gasteiger partial charge in [0, 0.05) is 5.56 Å². The first-order chi connectivity index (χ1) is 19.7. The van der Waals surface area contributed by atoms with Crippen LogP contribution in [0.3, 0.4) is 0 Å². The zero-order valence-corrected chi connectivity index (χ0v) is 23.6. The maximum atomic E-state index is 6.05. The van der Waals surface area contributed by atoms with Crippen molar-refractivity contribution in [3.05, 3.63) is 138 Å². The van der Waals surface area contributed by atoms with Crippen molar-refractivity contribution < 1.29 is 4.74 Å². The van der Waals surface area contributed by atoms with Gasteiger partial charge in [0.2, 0.25) is 6.71 Å². The molecule has 0 N–H and O–H groups in total. The van der Waals surface area contributed by atoms with Crippen LogP contribution in [0.2, 0.25) is 0 Å². The van der Waals surface area contributed by atoms with Gasteiger partial charge in [-0.1, -0.05) is 150 Å². The predicted octanol–water partition coefficient (Wildman–Crippen LogP) is 8.50. The third-order valence-corrected chi connectivity index (χ3v) is 8.59. The van der Waals surface area contributed by atoms with E-state index >= 15 is 0 Å². The normalized spacial score (nSPS) is 14.6. The van der Waals surface area contributed by atoms with Crippen molar-refractivity contribution in [1.82, 2.24) is 0 Å². The highest BCUT2D eigenvalue weighted by molar-refractivity contribution is 7.00. The topological polar surface area (TPSA) is 9.23 Å². The maximum absolute atomic E-state index is 6.05. The van der Waals surface area contributed by atoms with Crippen molar-refractivity contribution in [3.63, 3.8) is 0 Å². The summed E-state index contributed by atoms with van der Waals surface area (Å²) in [4.78, 5) is 0. The van der Waals surface area contributed by atoms with Gasteiger partial charge in [0.05, 0.1) is 7.11 Å². The Hall–Kier alpha value is -4.04. The number of hydrogen-bond donors (Lipinski definition) is 0. The first-order valence-corrected chi connectivity index (χ1v) is 14.7. The number of aryl methyl sites for hydroxylation is 1. The van der Waals surface area contributed by atoms with E-state index in [0.29, 0.717) is 5.92 Å². The van der Waals surface area contributed by atoms with Gasteiger partial charge in [-0.05, 0) is 59.7 Å². The highest BCUT2D eigenvalue weighted by atomic mass is 16.5. The van der Waals surface area contributed by atoms with Crippen LogP contribution in [0.4, 0.5) is 0 Å². The third-order valence-electron chi connectivity index (χ3n) is 8.59. The summed E-state index contributed by atoms with van der Waals surface area (Å²) in [7, 11) is 1.81. The first-order valence-electron chi connectivity index (χ1n) is 14.7. The van der Waals surface area contributed by atoms with Crippen molar-refractivity contribution in [2.24, 2.45) is 5.92 Å². The molecule has 2 heteroatoms. The highest BCUT2D eigenvalue weighted by Crippen LogP contribution is 2.44. The van der Waals surface area contributed by atoms with E-state index in [-0.39, 0.29) is 6.71 Å². The van der Waals surface area contributed by atoms with Crippen LogP contribution in [0, 0.1) is 12.8 Å². The average Bonchev–Trinajstić information content (AvgIpc) is 3.02. The number of ether oxygens (including phenoxy) is 1. The van der Waals surface area contributed by atoms with E-state index < -0.39 is 0 Å². The summed E-state index contributed by atoms with van der Waals surface area (Å²) in [6.45, 7) is 2.26. The molecule has 198 valence electrons. The van der Waals surface area contributed by atoms with E-state index in [1.165, 1.54) is 81.5 Å². The molecule has 1 fully saturated rings. The van der Waals surface area contributed by atoms with Crippen LogP contribution in [0.1, 0.15) is 48.8 Å². The molecule has 0 saturated heterocycles. The van der Waals surface area contributed by atoms with Crippen molar-refractivity contribution >= 4 is 39.5 Å². The highest BCUT2D eigenvalue weighted by Gasteiger charge is 2.33. The molecule has 0 aromatic heterocycles. The summed E-state index contributed by atoms with van der Waals surface area (Å²) in [5.41, 5.74) is 9.29. The van der Waals surface area contributed by atoms with Crippen molar-refractivity contribution in [2.45, 2.75) is 39.0 Å². The lowest BCUT2D eigenvalue weighted by molar-refractivity contribution is 0.407. The van der Waals surface area contributed by atoms with Crippen molar-refractivity contribution in [3.8, 4) is 5.75 Å². The summed E-state index contributed by atoms with van der Waals surface area (Å²) < 4.78 is 6.05. The number of fused-ring (bicyclic) bond motifs is 1. The van der Waals surface area contributed by atoms with Gasteiger partial charge in [0.15, 0.2) is 0 Å². The SMILES string of the molecule is COc1ccccc1/C(=C(\B(c1ccccc1)c1ccc(C)cc1)c1ccc2ccccc2c1)C1CCCCC1. The maximum Gasteiger partial charge on any atom is 0.242 e. The number of para-hydroxylation sites is 1. The fourth-order valence-corrected chi connectivity index (χ4v) is 6.61. The molecule has 1 nitrogen and oxygen atoms in total. The third kappa shape index (κ3) is 5.36. The van der Waals surface area contributed by atoms with Gasteiger partial charge in [-0.2, -0.15) is 0 Å². The van der Waals surface area contributed by atoms with Gasteiger partial charge >= 0.3 is 0 Å². The molecular formula is C38H37BO. The van der Waals surface area contributed by atoms with Gasteiger partial charge in [-0.3, -0.25) is 0 Å². The lowest BCUT2D eigenvalue weighted by atomic mass is 9.34. The number of benzene rings is 5. The average molecular weight is 521 g/mol. The van der Waals surface area contributed by atoms with Crippen LogP contribution in [-0.4, -0.2) is 13.8 Å². The summed E-state index contributed by atoms with van der Waals surface area (Å²) in [6, 6.07) is 44.7. The molecule has 1 saturated carbocycles. The van der Waals surface area contributed by atoms with E-state index in [4.69, 9.17) is 4.74 Å². The molecule has 0 unspecified atom stereocenters. The van der Waals surface area contributed by atoms with Gasteiger partial charge in [0.1, 0.15) is 5.75 Å². The van der Waals surface area contributed by atoms with Crippen LogP contribution in [0.15, 0.2) is 121 Å². The van der Waals surface area contributed by atoms with Gasteiger partial charge in [-0.15, -0.1) is 0 Å². The smallest absolute Gasteiger partial charge is 0.242 e. The van der Waals surface area contributed by atoms with E-state index in [2.05, 4.69) is 128 Å². The fraction of sp³-hybridized carbons (Fsp3) is 0.211. The number of methoxy groups -OCH3 is 1. The van der Waals surface area contributed by atoms with Crippen LogP contribution in [-0.2, 0) is 0 Å². The predicted molar refractivity (Wildman–Crippen MR) is 173 cm³/mol. The Morgan fingerprint density at radius 3 is 2.05 bits per heavy atom. The second-order valence-corrected chi connectivity index (χ2v) is 11.2. The van der Waals surface area contributed by atoms with Crippen LogP contribution in [0.5, 0.6) is 5.75 Å². The lowest BCUT2D eigenvalue weighted by Gasteiger charge is -2.32. The quantitative estimate of drug-likeness (QED) is 0.154. The molecular weight excluding hydrogens is 483 g/mol. The minimum Gasteiger partial charge on any atom is -0.496 e. The van der Waals surface area contributed by atoms with Gasteiger partial charge in [-0.25, -0.2) is 0 Å². The molecule has 1 aliphatic carbocycles. The van der Waals surface area contributed by atoms with Crippen LogP contribution >= 0.6 is 0 Å². The Morgan fingerprint density at radius 2 is 1.30 bits per heavy atom. The molecule has 0 bridgehead atoms. The molecule has 0 atom stereocenters. The van der Waals surface area contributed by atoms with Gasteiger partial charge in [0.25, 0.3) is 0 Å². The Bertz CT molecular complexity index is 1610. The van der Waals surface area contributed by atoms with Crippen molar-refractivity contribution in [2.75, 3.05) is 7.11 Å². The molecule has 40 heavy (non-hydrogen) atoms. The van der Waals surface area contributed by atoms with E-state index in [1.54, 1.807) is 0 Å². The zero-order chi connectivity index (χ0) is 27.3. The van der Waals surface area contributed by atoms with E-state index in [1.807, 2.05) is 7.11 Å². The van der Waals surface area contributed by atoms with Crippen molar-refractivity contribution in [1.29, 1.82) is 0 Å². The summed E-state index contributed by atoms with van der Waals surface area (Å²) in [6.07, 6.45) is 6.28. The molecule has 0 aliphatic heterocycles. The number of hydrogen-bond acceptors (Lipinski definition) is 1. The molecule has 6 rings (SSSR count). The molecule has 0 heterocycles. The number of allylic oxidation sites excluding steroid dienone is 1. The first kappa shape index (κ1) is 26.2. The Balaban J connectivity index is 1.73. The second-order valence-electron chi connectivity index (χ2n) is 11.2.